The minimum atomic E-state index is -1.23. The van der Waals surface area contributed by atoms with Gasteiger partial charge in [-0.05, 0) is 43.9 Å². The first-order valence-corrected chi connectivity index (χ1v) is 5.78. The van der Waals surface area contributed by atoms with Crippen molar-refractivity contribution in [2.45, 2.75) is 25.3 Å². The molecule has 18 heavy (non-hydrogen) atoms. The quantitative estimate of drug-likeness (QED) is 0.752. The third-order valence-electron chi connectivity index (χ3n) is 3.32. The van der Waals surface area contributed by atoms with Crippen molar-refractivity contribution >= 4 is 11.9 Å². The van der Waals surface area contributed by atoms with E-state index in [9.17, 15) is 19.8 Å². The van der Waals surface area contributed by atoms with Crippen LogP contribution in [0.25, 0.3) is 0 Å². The van der Waals surface area contributed by atoms with Gasteiger partial charge in [-0.2, -0.15) is 0 Å². The number of carboxylic acids is 1. The van der Waals surface area contributed by atoms with E-state index in [-0.39, 0.29) is 17.2 Å². The Balaban J connectivity index is 2.17. The van der Waals surface area contributed by atoms with Gasteiger partial charge in [-0.1, -0.05) is 6.07 Å². The van der Waals surface area contributed by atoms with Crippen molar-refractivity contribution in [2.75, 3.05) is 0 Å². The Morgan fingerprint density at radius 2 is 2.06 bits per heavy atom. The zero-order chi connectivity index (χ0) is 13.3. The fraction of sp³-hybridized carbons (Fsp3) is 0.385. The molecular formula is C13H15NO4. The molecular weight excluding hydrogens is 234 g/mol. The Morgan fingerprint density at radius 1 is 1.39 bits per heavy atom. The number of aliphatic carboxylic acids is 1. The number of phenolic OH excluding ortho intramolecular Hbond substituents is 1. The van der Waals surface area contributed by atoms with Crippen LogP contribution in [0.15, 0.2) is 24.3 Å². The molecule has 2 rings (SSSR count). The molecule has 0 aromatic heterocycles. The Labute approximate surface area is 104 Å². The monoisotopic (exact) mass is 249 g/mol. The van der Waals surface area contributed by atoms with Gasteiger partial charge in [-0.3, -0.25) is 4.79 Å². The fourth-order valence-corrected chi connectivity index (χ4v) is 1.95. The van der Waals surface area contributed by atoms with Crippen molar-refractivity contribution < 1.29 is 19.8 Å². The number of rotatable bonds is 4. The van der Waals surface area contributed by atoms with Gasteiger partial charge in [0, 0.05) is 5.56 Å². The smallest absolute Gasteiger partial charge is 0.329 e. The molecule has 0 aliphatic heterocycles. The maximum absolute atomic E-state index is 12.0. The first-order chi connectivity index (χ1) is 8.43. The summed E-state index contributed by atoms with van der Waals surface area (Å²) in [5.74, 6) is -1.55. The van der Waals surface area contributed by atoms with Crippen LogP contribution in [0.1, 0.15) is 30.1 Å². The Kier molecular flexibility index (Phi) is 2.98. The van der Waals surface area contributed by atoms with E-state index < -0.39 is 17.4 Å². The first kappa shape index (κ1) is 12.4. The number of carboxylic acid groups (broad SMARTS) is 1. The average molecular weight is 249 g/mol. The summed E-state index contributed by atoms with van der Waals surface area (Å²) in [6, 6.07) is 5.84. The van der Waals surface area contributed by atoms with E-state index in [4.69, 9.17) is 0 Å². The fourth-order valence-electron chi connectivity index (χ4n) is 1.95. The van der Waals surface area contributed by atoms with Crippen molar-refractivity contribution in [1.82, 2.24) is 5.32 Å². The van der Waals surface area contributed by atoms with Crippen molar-refractivity contribution in [1.29, 1.82) is 0 Å². The lowest BCUT2D eigenvalue weighted by Crippen LogP contribution is -2.54. The maximum atomic E-state index is 12.0. The van der Waals surface area contributed by atoms with E-state index in [1.165, 1.54) is 25.1 Å². The lowest BCUT2D eigenvalue weighted by atomic mass is 9.95. The molecule has 3 N–H and O–H groups in total. The van der Waals surface area contributed by atoms with Crippen molar-refractivity contribution in [2.24, 2.45) is 5.92 Å². The number of amides is 1. The van der Waals surface area contributed by atoms with Crippen LogP contribution in [0.2, 0.25) is 0 Å². The Morgan fingerprint density at radius 3 is 2.56 bits per heavy atom. The second kappa shape index (κ2) is 4.33. The van der Waals surface area contributed by atoms with Gasteiger partial charge < -0.3 is 15.5 Å². The average Bonchev–Trinajstić information content (AvgIpc) is 3.12. The summed E-state index contributed by atoms with van der Waals surface area (Å²) in [5.41, 5.74) is -0.981. The zero-order valence-electron chi connectivity index (χ0n) is 10.0. The molecule has 0 saturated heterocycles. The standard InChI is InChI=1S/C13H15NO4/c1-13(12(17)18,9-5-6-9)14-11(16)8-3-2-4-10(15)7-8/h2-4,7,9,15H,5-6H2,1H3,(H,14,16)(H,17,18). The number of hydrogen-bond acceptors (Lipinski definition) is 3. The van der Waals surface area contributed by atoms with Crippen molar-refractivity contribution in [3.05, 3.63) is 29.8 Å². The topological polar surface area (TPSA) is 86.6 Å². The van der Waals surface area contributed by atoms with Crippen LogP contribution in [0.5, 0.6) is 5.75 Å². The van der Waals surface area contributed by atoms with Crippen LogP contribution in [0, 0.1) is 5.92 Å². The highest BCUT2D eigenvalue weighted by molar-refractivity contribution is 5.98. The van der Waals surface area contributed by atoms with E-state index in [1.807, 2.05) is 0 Å². The molecule has 0 heterocycles. The number of carbonyl (C=O) groups is 2. The minimum absolute atomic E-state index is 0.0174. The molecule has 1 fully saturated rings. The summed E-state index contributed by atoms with van der Waals surface area (Å²) in [7, 11) is 0. The second-order valence-corrected chi connectivity index (χ2v) is 4.79. The van der Waals surface area contributed by atoms with Crippen molar-refractivity contribution in [3.8, 4) is 5.75 Å². The number of aromatic hydroxyl groups is 1. The summed E-state index contributed by atoms with van der Waals surface area (Å²) in [6.07, 6.45) is 1.62. The molecule has 1 aliphatic carbocycles. The van der Waals surface area contributed by atoms with Crippen molar-refractivity contribution in [3.63, 3.8) is 0 Å². The van der Waals surface area contributed by atoms with Gasteiger partial charge in [0.1, 0.15) is 11.3 Å². The van der Waals surface area contributed by atoms with E-state index >= 15 is 0 Å². The van der Waals surface area contributed by atoms with Gasteiger partial charge in [0.05, 0.1) is 0 Å². The third-order valence-corrected chi connectivity index (χ3v) is 3.32. The molecule has 1 aromatic carbocycles. The highest BCUT2D eigenvalue weighted by Crippen LogP contribution is 2.39. The molecule has 0 spiro atoms. The number of carbonyl (C=O) groups excluding carboxylic acids is 1. The Hall–Kier alpha value is -2.04. The van der Waals surface area contributed by atoms with Gasteiger partial charge >= 0.3 is 5.97 Å². The van der Waals surface area contributed by atoms with E-state index in [0.717, 1.165) is 12.8 Å². The summed E-state index contributed by atoms with van der Waals surface area (Å²) < 4.78 is 0. The van der Waals surface area contributed by atoms with Gasteiger partial charge in [-0.25, -0.2) is 4.79 Å². The molecule has 0 radical (unpaired) electrons. The van der Waals surface area contributed by atoms with Crippen LogP contribution in [0.4, 0.5) is 0 Å². The van der Waals surface area contributed by atoms with Gasteiger partial charge in [-0.15, -0.1) is 0 Å². The summed E-state index contributed by atoms with van der Waals surface area (Å²) >= 11 is 0. The van der Waals surface area contributed by atoms with Crippen LogP contribution in [-0.4, -0.2) is 27.6 Å². The summed E-state index contributed by atoms with van der Waals surface area (Å²) in [4.78, 5) is 23.2. The Bertz CT molecular complexity index is 496. The lowest BCUT2D eigenvalue weighted by Gasteiger charge is -2.26. The first-order valence-electron chi connectivity index (χ1n) is 5.78. The highest BCUT2D eigenvalue weighted by Gasteiger charge is 2.48. The number of nitrogens with one attached hydrogen (secondary N) is 1. The molecule has 96 valence electrons. The third kappa shape index (κ3) is 2.30. The normalized spacial score (nSPS) is 17.8. The van der Waals surface area contributed by atoms with Gasteiger partial charge in [0.2, 0.25) is 0 Å². The van der Waals surface area contributed by atoms with Gasteiger partial charge in [0.15, 0.2) is 0 Å². The van der Waals surface area contributed by atoms with Crippen LogP contribution < -0.4 is 5.32 Å². The summed E-state index contributed by atoms with van der Waals surface area (Å²) in [5, 5.41) is 21.1. The zero-order valence-corrected chi connectivity index (χ0v) is 10.0. The second-order valence-electron chi connectivity index (χ2n) is 4.79. The van der Waals surface area contributed by atoms with Crippen LogP contribution in [0.3, 0.4) is 0 Å². The maximum Gasteiger partial charge on any atom is 0.329 e. The van der Waals surface area contributed by atoms with E-state index in [1.54, 1.807) is 6.07 Å². The minimum Gasteiger partial charge on any atom is -0.508 e. The predicted octanol–water partition coefficient (Wildman–Crippen LogP) is 1.38. The lowest BCUT2D eigenvalue weighted by molar-refractivity contribution is -0.144. The number of benzene rings is 1. The van der Waals surface area contributed by atoms with E-state index in [0.29, 0.717) is 0 Å². The molecule has 5 heteroatoms. The SMILES string of the molecule is CC(NC(=O)c1cccc(O)c1)(C(=O)O)C1CC1. The molecule has 5 nitrogen and oxygen atoms in total. The molecule has 1 unspecified atom stereocenters. The van der Waals surface area contributed by atoms with Gasteiger partial charge in [0.25, 0.3) is 5.91 Å². The largest absolute Gasteiger partial charge is 0.508 e. The predicted molar refractivity (Wildman–Crippen MR) is 64.3 cm³/mol. The number of phenols is 1. The summed E-state index contributed by atoms with van der Waals surface area (Å²) in [6.45, 7) is 1.52. The van der Waals surface area contributed by atoms with Crippen LogP contribution >= 0.6 is 0 Å². The van der Waals surface area contributed by atoms with Crippen LogP contribution in [-0.2, 0) is 4.79 Å². The highest BCUT2D eigenvalue weighted by atomic mass is 16.4. The number of hydrogen-bond donors (Lipinski definition) is 3. The molecule has 0 bridgehead atoms. The van der Waals surface area contributed by atoms with E-state index in [2.05, 4.69) is 5.32 Å². The molecule has 1 atom stereocenters. The molecule has 1 aliphatic rings. The molecule has 1 aromatic rings. The molecule has 1 amide bonds. The molecule has 1 saturated carbocycles.